The Kier molecular flexibility index (Phi) is 4.59. The molecule has 0 unspecified atom stereocenters. The van der Waals surface area contributed by atoms with Crippen LogP contribution >= 0.6 is 23.5 Å². The van der Waals surface area contributed by atoms with E-state index in [-0.39, 0.29) is 16.6 Å². The first-order valence-electron chi connectivity index (χ1n) is 7.98. The van der Waals surface area contributed by atoms with Crippen LogP contribution in [0.5, 0.6) is 0 Å². The Balaban J connectivity index is 1.90. The normalized spacial score (nSPS) is 11.1. The van der Waals surface area contributed by atoms with Gasteiger partial charge in [0.25, 0.3) is 5.69 Å². The number of para-hydroxylation sites is 2. The van der Waals surface area contributed by atoms with Crippen molar-refractivity contribution in [1.82, 2.24) is 9.97 Å². The number of rotatable bonds is 4. The lowest BCUT2D eigenvalue weighted by Crippen LogP contribution is -2.07. The van der Waals surface area contributed by atoms with E-state index in [4.69, 9.17) is 0 Å². The van der Waals surface area contributed by atoms with Gasteiger partial charge in [-0.05, 0) is 18.4 Å². The Morgan fingerprint density at radius 3 is 2.63 bits per heavy atom. The predicted octanol–water partition coefficient (Wildman–Crippen LogP) is 4.86. The largest absolute Gasteiger partial charge is 0.354 e. The second-order valence-corrected chi connectivity index (χ2v) is 7.61. The number of hydrogen-bond donors (Lipinski definition) is 1. The first kappa shape index (κ1) is 17.6. The summed E-state index contributed by atoms with van der Waals surface area (Å²) in [6.45, 7) is 0. The van der Waals surface area contributed by atoms with Crippen LogP contribution in [0, 0.1) is 10.1 Å². The Labute approximate surface area is 162 Å². The fourth-order valence-electron chi connectivity index (χ4n) is 2.90. The van der Waals surface area contributed by atoms with Crippen molar-refractivity contribution in [2.75, 3.05) is 6.26 Å². The lowest BCUT2D eigenvalue weighted by atomic mass is 10.2. The molecule has 0 saturated carbocycles. The Morgan fingerprint density at radius 2 is 1.85 bits per heavy atom. The molecule has 2 heterocycles. The monoisotopic (exact) mass is 395 g/mol. The number of hydrogen-bond acceptors (Lipinski definition) is 6. The summed E-state index contributed by atoms with van der Waals surface area (Å²) < 4.78 is 0. The minimum atomic E-state index is -0.493. The molecule has 8 heteroatoms. The smallest absolute Gasteiger partial charge is 0.293 e. The highest BCUT2D eigenvalue weighted by molar-refractivity contribution is 8.02. The Morgan fingerprint density at radius 1 is 1.07 bits per heavy atom. The molecule has 134 valence electrons. The summed E-state index contributed by atoms with van der Waals surface area (Å²) in [6, 6.07) is 12.3. The summed E-state index contributed by atoms with van der Waals surface area (Å²) in [4.78, 5) is 33.5. The molecule has 0 saturated heterocycles. The molecule has 4 aromatic rings. The van der Waals surface area contributed by atoms with E-state index in [0.29, 0.717) is 10.3 Å². The highest BCUT2D eigenvalue weighted by Crippen LogP contribution is 2.38. The van der Waals surface area contributed by atoms with Gasteiger partial charge in [-0.1, -0.05) is 36.0 Å². The number of nitrogens with zero attached hydrogens (tertiary/aromatic N) is 2. The number of pyridine rings is 2. The molecule has 0 aliphatic heterocycles. The van der Waals surface area contributed by atoms with Gasteiger partial charge in [-0.3, -0.25) is 19.9 Å². The van der Waals surface area contributed by atoms with E-state index in [1.54, 1.807) is 30.2 Å². The van der Waals surface area contributed by atoms with Gasteiger partial charge in [0.1, 0.15) is 5.52 Å². The van der Waals surface area contributed by atoms with Gasteiger partial charge >= 0.3 is 0 Å². The van der Waals surface area contributed by atoms with Crippen LogP contribution in [-0.4, -0.2) is 21.1 Å². The minimum absolute atomic E-state index is 0.111. The zero-order chi connectivity index (χ0) is 19.0. The number of fused-ring (bicyclic) bond motifs is 2. The van der Waals surface area contributed by atoms with Crippen molar-refractivity contribution in [2.24, 2.45) is 0 Å². The quantitative estimate of drug-likeness (QED) is 0.302. The molecular weight excluding hydrogens is 382 g/mol. The molecule has 1 N–H and O–H groups in total. The van der Waals surface area contributed by atoms with Crippen molar-refractivity contribution >= 4 is 51.0 Å². The number of nitrogens with one attached hydrogen (secondary N) is 1. The Bertz CT molecular complexity index is 1250. The average molecular weight is 395 g/mol. The average Bonchev–Trinajstić information content (AvgIpc) is 2.69. The molecule has 0 atom stereocenters. The molecule has 0 bridgehead atoms. The number of benzene rings is 2. The molecule has 0 fully saturated rings. The summed E-state index contributed by atoms with van der Waals surface area (Å²) in [5.74, 6) is 0. The molecule has 27 heavy (non-hydrogen) atoms. The molecule has 0 radical (unpaired) electrons. The SMILES string of the molecule is CSc1cnc2ccccc2c1Sc1c[nH]c2c([N+](=O)[O-])cccc2c1=O. The van der Waals surface area contributed by atoms with Crippen LogP contribution < -0.4 is 5.43 Å². The van der Waals surface area contributed by atoms with Crippen molar-refractivity contribution in [1.29, 1.82) is 0 Å². The molecule has 4 rings (SSSR count). The fourth-order valence-corrected chi connectivity index (χ4v) is 4.71. The molecular formula is C19H13N3O3S2. The van der Waals surface area contributed by atoms with E-state index in [0.717, 1.165) is 20.7 Å². The van der Waals surface area contributed by atoms with Crippen LogP contribution in [0.25, 0.3) is 21.8 Å². The second-order valence-electron chi connectivity index (χ2n) is 5.71. The molecule has 0 amide bonds. The van der Waals surface area contributed by atoms with Crippen LogP contribution in [0.3, 0.4) is 0 Å². The van der Waals surface area contributed by atoms with Gasteiger partial charge in [-0.15, -0.1) is 11.8 Å². The topological polar surface area (TPSA) is 88.9 Å². The summed E-state index contributed by atoms with van der Waals surface area (Å²) in [7, 11) is 0. The third-order valence-corrected chi connectivity index (χ3v) is 6.23. The first-order chi connectivity index (χ1) is 13.1. The number of thioether (sulfide) groups is 1. The molecule has 0 aliphatic carbocycles. The highest BCUT2D eigenvalue weighted by atomic mass is 32.2. The summed E-state index contributed by atoms with van der Waals surface area (Å²) in [5.41, 5.74) is 0.748. The molecule has 2 aromatic carbocycles. The first-order valence-corrected chi connectivity index (χ1v) is 10.0. The van der Waals surface area contributed by atoms with Gasteiger partial charge in [-0.2, -0.15) is 0 Å². The second kappa shape index (κ2) is 7.05. The van der Waals surface area contributed by atoms with Crippen molar-refractivity contribution in [2.45, 2.75) is 14.7 Å². The minimum Gasteiger partial charge on any atom is -0.354 e. The number of aromatic nitrogens is 2. The summed E-state index contributed by atoms with van der Waals surface area (Å²) in [6.07, 6.45) is 5.31. The van der Waals surface area contributed by atoms with Gasteiger partial charge in [0.15, 0.2) is 0 Å². The number of aromatic amines is 1. The van der Waals surface area contributed by atoms with Gasteiger partial charge < -0.3 is 4.98 Å². The zero-order valence-electron chi connectivity index (χ0n) is 14.1. The van der Waals surface area contributed by atoms with Gasteiger partial charge in [0.05, 0.1) is 20.7 Å². The number of nitro benzene ring substituents is 1. The lowest BCUT2D eigenvalue weighted by Gasteiger charge is -2.10. The van der Waals surface area contributed by atoms with Crippen LogP contribution in [-0.2, 0) is 0 Å². The van der Waals surface area contributed by atoms with Crippen molar-refractivity contribution in [3.8, 4) is 0 Å². The van der Waals surface area contributed by atoms with Gasteiger partial charge in [0, 0.05) is 33.6 Å². The number of nitro groups is 1. The third kappa shape index (κ3) is 3.07. The van der Waals surface area contributed by atoms with E-state index in [1.807, 2.05) is 30.5 Å². The highest BCUT2D eigenvalue weighted by Gasteiger charge is 2.17. The van der Waals surface area contributed by atoms with Gasteiger partial charge in [0.2, 0.25) is 5.43 Å². The lowest BCUT2D eigenvalue weighted by molar-refractivity contribution is -0.383. The molecule has 0 spiro atoms. The molecule has 2 aromatic heterocycles. The zero-order valence-corrected chi connectivity index (χ0v) is 15.8. The summed E-state index contributed by atoms with van der Waals surface area (Å²) in [5, 5.41) is 12.5. The van der Waals surface area contributed by atoms with Crippen molar-refractivity contribution in [3.05, 3.63) is 75.2 Å². The van der Waals surface area contributed by atoms with Crippen LogP contribution in [0.4, 0.5) is 5.69 Å². The Hall–Kier alpha value is -2.84. The number of H-pyrrole nitrogens is 1. The number of non-ortho nitro benzene ring substituents is 1. The predicted molar refractivity (Wildman–Crippen MR) is 109 cm³/mol. The van der Waals surface area contributed by atoms with E-state index >= 15 is 0 Å². The van der Waals surface area contributed by atoms with Crippen LogP contribution in [0.2, 0.25) is 0 Å². The maximum atomic E-state index is 13.0. The van der Waals surface area contributed by atoms with E-state index in [2.05, 4.69) is 9.97 Å². The maximum Gasteiger partial charge on any atom is 0.293 e. The summed E-state index contributed by atoms with van der Waals surface area (Å²) >= 11 is 2.91. The van der Waals surface area contributed by atoms with Gasteiger partial charge in [-0.25, -0.2) is 0 Å². The van der Waals surface area contributed by atoms with E-state index < -0.39 is 4.92 Å². The van der Waals surface area contributed by atoms with Crippen molar-refractivity contribution in [3.63, 3.8) is 0 Å². The van der Waals surface area contributed by atoms with E-state index in [9.17, 15) is 14.9 Å². The standard InChI is InChI=1S/C19H13N3O3S2/c1-26-16-10-20-13-7-3-2-5-11(13)19(16)27-15-9-21-17-12(18(15)23)6-4-8-14(17)22(24)25/h2-10H,1H3,(H,21,23). The van der Waals surface area contributed by atoms with Crippen molar-refractivity contribution < 1.29 is 4.92 Å². The fraction of sp³-hybridized carbons (Fsp3) is 0.0526. The van der Waals surface area contributed by atoms with Crippen LogP contribution in [0.15, 0.2) is 74.3 Å². The maximum absolute atomic E-state index is 13.0. The molecule has 0 aliphatic rings. The third-order valence-electron chi connectivity index (χ3n) is 4.18. The van der Waals surface area contributed by atoms with Crippen LogP contribution in [0.1, 0.15) is 0 Å². The molecule has 6 nitrogen and oxygen atoms in total. The van der Waals surface area contributed by atoms with E-state index in [1.165, 1.54) is 23.9 Å².